The Morgan fingerprint density at radius 1 is 0.967 bits per heavy atom. The molecule has 0 radical (unpaired) electrons. The number of hydrogen-bond donors (Lipinski definition) is 0. The van der Waals surface area contributed by atoms with E-state index < -0.39 is 0 Å². The van der Waals surface area contributed by atoms with Crippen LogP contribution in [0.15, 0.2) is 42.5 Å². The minimum Gasteiger partial charge on any atom is -0.493 e. The quantitative estimate of drug-likeness (QED) is 0.596. The molecule has 0 bridgehead atoms. The highest BCUT2D eigenvalue weighted by Gasteiger charge is 2.55. The van der Waals surface area contributed by atoms with Crippen LogP contribution in [0.3, 0.4) is 0 Å². The highest BCUT2D eigenvalue weighted by Crippen LogP contribution is 2.61. The molecular weight excluding hydrogens is 372 g/mol. The number of methoxy groups -OCH3 is 2. The summed E-state index contributed by atoms with van der Waals surface area (Å²) in [5, 5.41) is 0. The summed E-state index contributed by atoms with van der Waals surface area (Å²) in [6.07, 6.45) is 7.95. The van der Waals surface area contributed by atoms with Gasteiger partial charge in [-0.25, -0.2) is 0 Å². The van der Waals surface area contributed by atoms with Crippen LogP contribution in [0.5, 0.6) is 11.5 Å². The van der Waals surface area contributed by atoms with Crippen molar-refractivity contribution in [3.63, 3.8) is 0 Å². The van der Waals surface area contributed by atoms with Crippen molar-refractivity contribution in [3.8, 4) is 11.5 Å². The van der Waals surface area contributed by atoms with Crippen LogP contribution < -0.4 is 9.47 Å². The molecule has 3 heteroatoms. The van der Waals surface area contributed by atoms with E-state index in [0.717, 1.165) is 29.8 Å². The van der Waals surface area contributed by atoms with Crippen LogP contribution >= 0.6 is 0 Å². The van der Waals surface area contributed by atoms with Crippen LogP contribution in [0.25, 0.3) is 0 Å². The van der Waals surface area contributed by atoms with Gasteiger partial charge in [0.25, 0.3) is 0 Å². The van der Waals surface area contributed by atoms with E-state index >= 15 is 0 Å². The lowest BCUT2D eigenvalue weighted by molar-refractivity contribution is -0.0444. The molecule has 0 N–H and O–H groups in total. The van der Waals surface area contributed by atoms with Gasteiger partial charge < -0.3 is 14.2 Å². The van der Waals surface area contributed by atoms with Crippen LogP contribution in [0.2, 0.25) is 0 Å². The van der Waals surface area contributed by atoms with Crippen LogP contribution in [0, 0.1) is 17.3 Å². The SMILES string of the molecule is COc1cc2c(cc1OCc1ccccc1)CCC1C2CC[C@@]2(C)C1CC[C@@H]2OC. The van der Waals surface area contributed by atoms with E-state index in [0.29, 0.717) is 24.0 Å². The van der Waals surface area contributed by atoms with Gasteiger partial charge in [0.2, 0.25) is 0 Å². The van der Waals surface area contributed by atoms with Crippen molar-refractivity contribution in [1.82, 2.24) is 0 Å². The van der Waals surface area contributed by atoms with Crippen molar-refractivity contribution in [1.29, 1.82) is 0 Å². The largest absolute Gasteiger partial charge is 0.493 e. The average molecular weight is 407 g/mol. The number of ether oxygens (including phenoxy) is 3. The summed E-state index contributed by atoms with van der Waals surface area (Å²) >= 11 is 0. The minimum absolute atomic E-state index is 0.357. The van der Waals surface area contributed by atoms with Crippen LogP contribution in [-0.4, -0.2) is 20.3 Å². The van der Waals surface area contributed by atoms with Crippen molar-refractivity contribution >= 4 is 0 Å². The third kappa shape index (κ3) is 3.22. The molecule has 0 aliphatic heterocycles. The third-order valence-electron chi connectivity index (χ3n) is 8.44. The Labute approximate surface area is 180 Å². The Hall–Kier alpha value is -2.00. The molecule has 3 aliphatic carbocycles. The summed E-state index contributed by atoms with van der Waals surface area (Å²) in [5.74, 6) is 3.96. The highest BCUT2D eigenvalue weighted by atomic mass is 16.5. The summed E-state index contributed by atoms with van der Waals surface area (Å²) in [5.41, 5.74) is 4.51. The van der Waals surface area contributed by atoms with Crippen LogP contribution in [0.4, 0.5) is 0 Å². The molecule has 3 unspecified atom stereocenters. The van der Waals surface area contributed by atoms with Gasteiger partial charge in [0.1, 0.15) is 6.61 Å². The third-order valence-corrected chi connectivity index (χ3v) is 8.44. The number of hydrogen-bond acceptors (Lipinski definition) is 3. The summed E-state index contributed by atoms with van der Waals surface area (Å²) in [6, 6.07) is 14.9. The minimum atomic E-state index is 0.357. The van der Waals surface area contributed by atoms with Crippen molar-refractivity contribution in [2.75, 3.05) is 14.2 Å². The van der Waals surface area contributed by atoms with E-state index in [2.05, 4.69) is 43.3 Å². The van der Waals surface area contributed by atoms with Gasteiger partial charge in [0.05, 0.1) is 13.2 Å². The molecule has 5 rings (SSSR count). The van der Waals surface area contributed by atoms with Crippen molar-refractivity contribution in [2.45, 2.75) is 64.1 Å². The summed E-state index contributed by atoms with van der Waals surface area (Å²) in [7, 11) is 3.66. The van der Waals surface area contributed by atoms with Gasteiger partial charge in [-0.1, -0.05) is 37.3 Å². The van der Waals surface area contributed by atoms with Crippen molar-refractivity contribution in [3.05, 3.63) is 59.2 Å². The maximum Gasteiger partial charge on any atom is 0.161 e. The number of aryl methyl sites for hydroxylation is 1. The van der Waals surface area contributed by atoms with E-state index in [-0.39, 0.29) is 0 Å². The molecule has 2 saturated carbocycles. The molecule has 0 aromatic heterocycles. The zero-order valence-corrected chi connectivity index (χ0v) is 18.5. The number of fused-ring (bicyclic) bond motifs is 5. The standard InChI is InChI=1S/C27H34O3/c1-27-14-13-20-21(23(27)11-12-26(27)29-3)10-9-19-15-25(24(28-2)16-22(19)20)30-17-18-7-5-4-6-8-18/h4-8,15-16,20-21,23,26H,9-14,17H2,1-3H3/t20?,21?,23?,26-,27-/m0/s1. The number of rotatable bonds is 5. The predicted molar refractivity (Wildman–Crippen MR) is 119 cm³/mol. The van der Waals surface area contributed by atoms with E-state index in [1.807, 2.05) is 13.2 Å². The van der Waals surface area contributed by atoms with Crippen LogP contribution in [-0.2, 0) is 17.8 Å². The molecule has 30 heavy (non-hydrogen) atoms. The van der Waals surface area contributed by atoms with E-state index in [1.165, 1.54) is 48.8 Å². The molecule has 2 aromatic rings. The van der Waals surface area contributed by atoms with Gasteiger partial charge in [0.15, 0.2) is 11.5 Å². The van der Waals surface area contributed by atoms with E-state index in [9.17, 15) is 0 Å². The van der Waals surface area contributed by atoms with Crippen molar-refractivity contribution in [2.24, 2.45) is 17.3 Å². The topological polar surface area (TPSA) is 27.7 Å². The number of benzene rings is 2. The second kappa shape index (κ2) is 7.92. The Balaban J connectivity index is 1.40. The first kappa shape index (κ1) is 19.9. The van der Waals surface area contributed by atoms with Gasteiger partial charge in [-0.15, -0.1) is 0 Å². The molecule has 3 aliphatic rings. The molecule has 0 spiro atoms. The smallest absolute Gasteiger partial charge is 0.161 e. The molecule has 160 valence electrons. The van der Waals surface area contributed by atoms with Gasteiger partial charge in [-0.3, -0.25) is 0 Å². The Morgan fingerprint density at radius 3 is 2.57 bits per heavy atom. The average Bonchev–Trinajstić information content (AvgIpc) is 3.13. The fourth-order valence-corrected chi connectivity index (χ4v) is 6.92. The van der Waals surface area contributed by atoms with Gasteiger partial charge >= 0.3 is 0 Å². The molecule has 2 aromatic carbocycles. The second-order valence-electron chi connectivity index (χ2n) is 9.74. The maximum absolute atomic E-state index is 6.19. The first-order valence-electron chi connectivity index (χ1n) is 11.5. The van der Waals surface area contributed by atoms with Gasteiger partial charge in [-0.05, 0) is 90.5 Å². The first-order chi connectivity index (χ1) is 14.6. The van der Waals surface area contributed by atoms with Crippen LogP contribution in [0.1, 0.15) is 61.6 Å². The normalized spacial score (nSPS) is 32.1. The molecule has 3 nitrogen and oxygen atoms in total. The lowest BCUT2D eigenvalue weighted by atomic mass is 9.55. The zero-order chi connectivity index (χ0) is 20.7. The van der Waals surface area contributed by atoms with E-state index in [1.54, 1.807) is 7.11 Å². The summed E-state index contributed by atoms with van der Waals surface area (Å²) in [6.45, 7) is 3.06. The zero-order valence-electron chi connectivity index (χ0n) is 18.5. The monoisotopic (exact) mass is 406 g/mol. The maximum atomic E-state index is 6.19. The molecule has 2 fully saturated rings. The summed E-state index contributed by atoms with van der Waals surface area (Å²) < 4.78 is 17.9. The highest BCUT2D eigenvalue weighted by molar-refractivity contribution is 5.50. The molecule has 0 saturated heterocycles. The lowest BCUT2D eigenvalue weighted by Gasteiger charge is -2.50. The Bertz CT molecular complexity index is 892. The lowest BCUT2D eigenvalue weighted by Crippen LogP contribution is -2.44. The summed E-state index contributed by atoms with van der Waals surface area (Å²) in [4.78, 5) is 0. The van der Waals surface area contributed by atoms with Gasteiger partial charge in [-0.2, -0.15) is 0 Å². The van der Waals surface area contributed by atoms with E-state index in [4.69, 9.17) is 14.2 Å². The molecule has 0 amide bonds. The fourth-order valence-electron chi connectivity index (χ4n) is 6.92. The molecular formula is C27H34O3. The second-order valence-corrected chi connectivity index (χ2v) is 9.74. The fraction of sp³-hybridized carbons (Fsp3) is 0.556. The van der Waals surface area contributed by atoms with Gasteiger partial charge in [0, 0.05) is 7.11 Å². The Kier molecular flexibility index (Phi) is 5.26. The molecule has 0 heterocycles. The molecule has 5 atom stereocenters. The Morgan fingerprint density at radius 2 is 1.80 bits per heavy atom. The van der Waals surface area contributed by atoms with Crippen molar-refractivity contribution < 1.29 is 14.2 Å². The predicted octanol–water partition coefficient (Wildman–Crippen LogP) is 6.15. The first-order valence-corrected chi connectivity index (χ1v) is 11.5.